The number of nitrogens with one attached hydrogen (secondary N) is 2. The van der Waals surface area contributed by atoms with Crippen LogP contribution in [0.3, 0.4) is 0 Å². The lowest BCUT2D eigenvalue weighted by atomic mass is 9.87. The van der Waals surface area contributed by atoms with Crippen LogP contribution < -0.4 is 10.6 Å². The van der Waals surface area contributed by atoms with Gasteiger partial charge in [0.15, 0.2) is 11.6 Å². The van der Waals surface area contributed by atoms with E-state index in [0.29, 0.717) is 0 Å². The lowest BCUT2D eigenvalue weighted by molar-refractivity contribution is -0.128. The van der Waals surface area contributed by atoms with Crippen molar-refractivity contribution in [2.24, 2.45) is 0 Å². The highest BCUT2D eigenvalue weighted by Gasteiger charge is 2.46. The molecule has 2 aliphatic rings. The first kappa shape index (κ1) is 14.9. The van der Waals surface area contributed by atoms with E-state index < -0.39 is 47.5 Å². The molecule has 3 amide bonds. The minimum atomic E-state index is -1.35. The zero-order valence-corrected chi connectivity index (χ0v) is 11.7. The third kappa shape index (κ3) is 2.83. The summed E-state index contributed by atoms with van der Waals surface area (Å²) >= 11 is 0. The number of Topliss-reactive ketones (excluding diaryl/α,β-unsaturated/α-hetero) is 2. The summed E-state index contributed by atoms with van der Waals surface area (Å²) in [4.78, 5) is 58.5. The summed E-state index contributed by atoms with van der Waals surface area (Å²) in [7, 11) is 0. The maximum Gasteiger partial charge on any atom is 0.408 e. The number of ether oxygens (including phenoxy) is 1. The van der Waals surface area contributed by atoms with E-state index in [-0.39, 0.29) is 11.1 Å². The number of amides is 3. The summed E-state index contributed by atoms with van der Waals surface area (Å²) in [5.41, 5.74) is -1.46. The van der Waals surface area contributed by atoms with Gasteiger partial charge in [0.1, 0.15) is 11.6 Å². The molecule has 1 unspecified atom stereocenters. The van der Waals surface area contributed by atoms with E-state index >= 15 is 0 Å². The minimum Gasteiger partial charge on any atom is -0.444 e. The Kier molecular flexibility index (Phi) is 3.40. The van der Waals surface area contributed by atoms with Crippen molar-refractivity contribution in [3.05, 3.63) is 11.1 Å². The fraction of sp³-hybridized carbons (Fsp3) is 0.462. The van der Waals surface area contributed by atoms with E-state index in [1.165, 1.54) is 0 Å². The van der Waals surface area contributed by atoms with Crippen LogP contribution in [0.4, 0.5) is 4.79 Å². The normalized spacial score (nSPS) is 22.1. The van der Waals surface area contributed by atoms with Gasteiger partial charge in [0.05, 0.1) is 17.6 Å². The first-order valence-corrected chi connectivity index (χ1v) is 6.25. The summed E-state index contributed by atoms with van der Waals surface area (Å²) in [5, 5.41) is 4.18. The van der Waals surface area contributed by atoms with Crippen LogP contribution in [0.2, 0.25) is 0 Å². The molecule has 1 atom stereocenters. The van der Waals surface area contributed by atoms with E-state index in [9.17, 15) is 24.0 Å². The van der Waals surface area contributed by atoms with Crippen molar-refractivity contribution in [1.29, 1.82) is 0 Å². The third-order valence-electron chi connectivity index (χ3n) is 2.85. The summed E-state index contributed by atoms with van der Waals surface area (Å²) in [6, 6.07) is -1.35. The smallest absolute Gasteiger partial charge is 0.408 e. The molecule has 8 heteroatoms. The maximum absolute atomic E-state index is 11.9. The van der Waals surface area contributed by atoms with Crippen LogP contribution in [0.25, 0.3) is 0 Å². The van der Waals surface area contributed by atoms with Crippen molar-refractivity contribution >= 4 is 29.5 Å². The van der Waals surface area contributed by atoms with E-state index in [0.717, 1.165) is 0 Å². The second-order valence-electron chi connectivity index (χ2n) is 5.72. The van der Waals surface area contributed by atoms with Crippen LogP contribution in [0.5, 0.6) is 0 Å². The first-order valence-electron chi connectivity index (χ1n) is 6.25. The number of hydrogen-bond acceptors (Lipinski definition) is 6. The zero-order valence-electron chi connectivity index (χ0n) is 11.7. The molecule has 2 N–H and O–H groups in total. The molecule has 0 aromatic rings. The Balaban J connectivity index is 2.30. The fourth-order valence-corrected chi connectivity index (χ4v) is 2.11. The molecule has 2 rings (SSSR count). The molecule has 0 fully saturated rings. The molecule has 1 aliphatic carbocycles. The number of carbonyl (C=O) groups is 5. The monoisotopic (exact) mass is 294 g/mol. The summed E-state index contributed by atoms with van der Waals surface area (Å²) in [5.74, 6) is -3.07. The lowest BCUT2D eigenvalue weighted by Crippen LogP contribution is -2.48. The SMILES string of the molecule is CC(C)(C)OC(=O)NC1C(=O)CC(=O)C2=C1C(=O)NC2=O. The number of hydrogen-bond donors (Lipinski definition) is 2. The Morgan fingerprint density at radius 1 is 1.19 bits per heavy atom. The topological polar surface area (TPSA) is 119 Å². The molecule has 21 heavy (non-hydrogen) atoms. The van der Waals surface area contributed by atoms with Gasteiger partial charge in [0.25, 0.3) is 11.8 Å². The van der Waals surface area contributed by atoms with Crippen LogP contribution in [0, 0.1) is 0 Å². The average molecular weight is 294 g/mol. The molecule has 1 aliphatic heterocycles. The third-order valence-corrected chi connectivity index (χ3v) is 2.85. The quantitative estimate of drug-likeness (QED) is 0.378. The second kappa shape index (κ2) is 4.80. The highest BCUT2D eigenvalue weighted by atomic mass is 16.6. The number of imide groups is 1. The maximum atomic E-state index is 11.9. The van der Waals surface area contributed by atoms with E-state index in [4.69, 9.17) is 4.74 Å². The van der Waals surface area contributed by atoms with Gasteiger partial charge >= 0.3 is 6.09 Å². The Bertz CT molecular complexity index is 611. The summed E-state index contributed by atoms with van der Waals surface area (Å²) < 4.78 is 5.00. The summed E-state index contributed by atoms with van der Waals surface area (Å²) in [6.07, 6.45) is -1.45. The molecule has 0 saturated heterocycles. The number of ketones is 2. The molecular weight excluding hydrogens is 280 g/mol. The van der Waals surface area contributed by atoms with Gasteiger partial charge in [0.2, 0.25) is 0 Å². The molecule has 8 nitrogen and oxygen atoms in total. The van der Waals surface area contributed by atoms with Crippen molar-refractivity contribution in [2.45, 2.75) is 38.8 Å². The van der Waals surface area contributed by atoms with Crippen LogP contribution in [-0.4, -0.2) is 41.1 Å². The lowest BCUT2D eigenvalue weighted by Gasteiger charge is -2.24. The van der Waals surface area contributed by atoms with Crippen molar-refractivity contribution in [2.75, 3.05) is 0 Å². The Labute approximate surface area is 119 Å². The second-order valence-corrected chi connectivity index (χ2v) is 5.72. The molecular formula is C13H14N2O6. The molecule has 0 radical (unpaired) electrons. The van der Waals surface area contributed by atoms with E-state index in [1.54, 1.807) is 20.8 Å². The Morgan fingerprint density at radius 3 is 2.38 bits per heavy atom. The fourth-order valence-electron chi connectivity index (χ4n) is 2.11. The molecule has 0 bridgehead atoms. The standard InChI is InChI=1S/C13H14N2O6/c1-13(2,3)21-12(20)14-9-6(17)4-5(16)7-8(9)11(19)15-10(7)18/h9H,4H2,1-3H3,(H,14,20)(H,15,18,19). The molecule has 0 saturated carbocycles. The minimum absolute atomic E-state index is 0.313. The molecule has 0 aromatic heterocycles. The number of rotatable bonds is 1. The molecule has 1 heterocycles. The van der Waals surface area contributed by atoms with Gasteiger partial charge in [-0.1, -0.05) is 0 Å². The van der Waals surface area contributed by atoms with Crippen molar-refractivity contribution < 1.29 is 28.7 Å². The van der Waals surface area contributed by atoms with Crippen LogP contribution in [-0.2, 0) is 23.9 Å². The van der Waals surface area contributed by atoms with Gasteiger partial charge in [-0.05, 0) is 20.8 Å². The van der Waals surface area contributed by atoms with Crippen LogP contribution >= 0.6 is 0 Å². The van der Waals surface area contributed by atoms with Gasteiger partial charge in [-0.3, -0.25) is 24.5 Å². The number of carbonyl (C=O) groups excluding carboxylic acids is 5. The molecule has 0 aromatic carbocycles. The van der Waals surface area contributed by atoms with Crippen molar-refractivity contribution in [3.8, 4) is 0 Å². The van der Waals surface area contributed by atoms with E-state index in [2.05, 4.69) is 5.32 Å². The highest BCUT2D eigenvalue weighted by Crippen LogP contribution is 2.25. The predicted octanol–water partition coefficient (Wildman–Crippen LogP) is -0.625. The molecule has 0 spiro atoms. The number of alkyl carbamates (subject to hydrolysis) is 1. The van der Waals surface area contributed by atoms with Gasteiger partial charge in [0, 0.05) is 0 Å². The average Bonchev–Trinajstić information content (AvgIpc) is 2.57. The van der Waals surface area contributed by atoms with E-state index in [1.807, 2.05) is 5.32 Å². The van der Waals surface area contributed by atoms with Gasteiger partial charge in [-0.2, -0.15) is 0 Å². The first-order chi connectivity index (χ1) is 9.60. The van der Waals surface area contributed by atoms with Crippen LogP contribution in [0.15, 0.2) is 11.1 Å². The van der Waals surface area contributed by atoms with Crippen molar-refractivity contribution in [3.63, 3.8) is 0 Å². The van der Waals surface area contributed by atoms with Crippen LogP contribution in [0.1, 0.15) is 27.2 Å². The summed E-state index contributed by atoms with van der Waals surface area (Å²) in [6.45, 7) is 4.90. The predicted molar refractivity (Wildman–Crippen MR) is 68.0 cm³/mol. The molecule has 112 valence electrons. The highest BCUT2D eigenvalue weighted by molar-refractivity contribution is 6.38. The van der Waals surface area contributed by atoms with Gasteiger partial charge < -0.3 is 10.1 Å². The largest absolute Gasteiger partial charge is 0.444 e. The van der Waals surface area contributed by atoms with Gasteiger partial charge in [-0.15, -0.1) is 0 Å². The van der Waals surface area contributed by atoms with Gasteiger partial charge in [-0.25, -0.2) is 4.79 Å². The Morgan fingerprint density at radius 2 is 1.81 bits per heavy atom. The zero-order chi connectivity index (χ0) is 15.9. The Hall–Kier alpha value is -2.51. The van der Waals surface area contributed by atoms with Crippen molar-refractivity contribution in [1.82, 2.24) is 10.6 Å².